The van der Waals surface area contributed by atoms with Crippen LogP contribution in [0.25, 0.3) is 0 Å². The maximum absolute atomic E-state index is 5.67. The SMILES string of the molecule is C=C(CNC)CSc1ccc2c(c1)OCCCO2. The number of rotatable bonds is 5. The van der Waals surface area contributed by atoms with Crippen LogP contribution in [0, 0.1) is 0 Å². The highest BCUT2D eigenvalue weighted by molar-refractivity contribution is 7.99. The molecule has 0 saturated carbocycles. The molecule has 1 aliphatic rings. The summed E-state index contributed by atoms with van der Waals surface area (Å²) in [6.07, 6.45) is 0.941. The van der Waals surface area contributed by atoms with Gasteiger partial charge >= 0.3 is 0 Å². The van der Waals surface area contributed by atoms with Gasteiger partial charge in [-0.3, -0.25) is 0 Å². The molecule has 3 nitrogen and oxygen atoms in total. The zero-order valence-electron chi connectivity index (χ0n) is 10.7. The third-order valence-corrected chi connectivity index (χ3v) is 3.73. The highest BCUT2D eigenvalue weighted by atomic mass is 32.2. The monoisotopic (exact) mass is 265 g/mol. The third kappa shape index (κ3) is 3.68. The van der Waals surface area contributed by atoms with Crippen molar-refractivity contribution in [2.24, 2.45) is 0 Å². The van der Waals surface area contributed by atoms with E-state index in [2.05, 4.69) is 24.0 Å². The van der Waals surface area contributed by atoms with Gasteiger partial charge < -0.3 is 14.8 Å². The Hall–Kier alpha value is -1.13. The summed E-state index contributed by atoms with van der Waals surface area (Å²) < 4.78 is 11.3. The topological polar surface area (TPSA) is 30.5 Å². The first-order valence-corrected chi connectivity index (χ1v) is 7.12. The van der Waals surface area contributed by atoms with Crippen molar-refractivity contribution in [1.82, 2.24) is 5.32 Å². The van der Waals surface area contributed by atoms with Crippen LogP contribution in [0.2, 0.25) is 0 Å². The van der Waals surface area contributed by atoms with Crippen molar-refractivity contribution in [3.8, 4) is 11.5 Å². The molecule has 0 unspecified atom stereocenters. The fraction of sp³-hybridized carbons (Fsp3) is 0.429. The van der Waals surface area contributed by atoms with E-state index in [0.717, 1.165) is 43.4 Å². The summed E-state index contributed by atoms with van der Waals surface area (Å²) >= 11 is 1.77. The van der Waals surface area contributed by atoms with E-state index in [-0.39, 0.29) is 0 Å². The second-order valence-electron chi connectivity index (χ2n) is 4.23. The maximum Gasteiger partial charge on any atom is 0.162 e. The van der Waals surface area contributed by atoms with E-state index >= 15 is 0 Å². The molecule has 0 bridgehead atoms. The van der Waals surface area contributed by atoms with Crippen molar-refractivity contribution < 1.29 is 9.47 Å². The number of nitrogens with one attached hydrogen (secondary N) is 1. The molecule has 4 heteroatoms. The van der Waals surface area contributed by atoms with Crippen molar-refractivity contribution in [3.05, 3.63) is 30.4 Å². The van der Waals surface area contributed by atoms with Crippen LogP contribution in [0.3, 0.4) is 0 Å². The van der Waals surface area contributed by atoms with Crippen LogP contribution in [0.5, 0.6) is 11.5 Å². The van der Waals surface area contributed by atoms with Crippen molar-refractivity contribution >= 4 is 11.8 Å². The molecule has 1 aliphatic heterocycles. The van der Waals surface area contributed by atoms with Gasteiger partial charge in [0, 0.05) is 23.6 Å². The van der Waals surface area contributed by atoms with Gasteiger partial charge in [-0.1, -0.05) is 12.2 Å². The first-order chi connectivity index (χ1) is 8.79. The van der Waals surface area contributed by atoms with Gasteiger partial charge in [0.2, 0.25) is 0 Å². The van der Waals surface area contributed by atoms with Crippen molar-refractivity contribution in [2.75, 3.05) is 32.6 Å². The van der Waals surface area contributed by atoms with Crippen molar-refractivity contribution in [3.63, 3.8) is 0 Å². The van der Waals surface area contributed by atoms with E-state index in [4.69, 9.17) is 9.47 Å². The second kappa shape index (κ2) is 6.71. The van der Waals surface area contributed by atoms with Gasteiger partial charge in [-0.25, -0.2) is 0 Å². The standard InChI is InChI=1S/C14H19NO2S/c1-11(9-15-2)10-18-12-4-5-13-14(8-12)17-7-3-6-16-13/h4-5,8,15H,1,3,6-7,9-10H2,2H3. The quantitative estimate of drug-likeness (QED) is 0.655. The van der Waals surface area contributed by atoms with E-state index < -0.39 is 0 Å². The molecular formula is C14H19NO2S. The van der Waals surface area contributed by atoms with Crippen LogP contribution in [0.1, 0.15) is 6.42 Å². The molecule has 0 spiro atoms. The lowest BCUT2D eigenvalue weighted by Crippen LogP contribution is -2.10. The maximum atomic E-state index is 5.67. The fourth-order valence-corrected chi connectivity index (χ4v) is 2.55. The first kappa shape index (κ1) is 13.3. The first-order valence-electron chi connectivity index (χ1n) is 6.13. The molecule has 98 valence electrons. The molecule has 0 fully saturated rings. The minimum Gasteiger partial charge on any atom is -0.490 e. The molecule has 0 radical (unpaired) electrons. The molecule has 18 heavy (non-hydrogen) atoms. The summed E-state index contributed by atoms with van der Waals surface area (Å²) in [4.78, 5) is 1.19. The highest BCUT2D eigenvalue weighted by Gasteiger charge is 2.10. The Balaban J connectivity index is 1.97. The summed E-state index contributed by atoms with van der Waals surface area (Å²) in [5.41, 5.74) is 1.19. The van der Waals surface area contributed by atoms with Crippen LogP contribution in [-0.2, 0) is 0 Å². The van der Waals surface area contributed by atoms with Gasteiger partial charge in [-0.2, -0.15) is 0 Å². The molecular weight excluding hydrogens is 246 g/mol. The lowest BCUT2D eigenvalue weighted by Gasteiger charge is -2.09. The zero-order chi connectivity index (χ0) is 12.8. The normalized spacial score (nSPS) is 14.1. The molecule has 0 amide bonds. The lowest BCUT2D eigenvalue weighted by atomic mass is 10.3. The number of benzene rings is 1. The van der Waals surface area contributed by atoms with Gasteiger partial charge in [-0.05, 0) is 25.2 Å². The summed E-state index contributed by atoms with van der Waals surface area (Å²) in [5, 5.41) is 3.10. The Labute approximate surface area is 113 Å². The van der Waals surface area contributed by atoms with Crippen LogP contribution in [-0.4, -0.2) is 32.6 Å². The molecule has 1 heterocycles. The molecule has 2 rings (SSSR count). The largest absolute Gasteiger partial charge is 0.490 e. The predicted octanol–water partition coefficient (Wildman–Crippen LogP) is 2.72. The summed E-state index contributed by atoms with van der Waals surface area (Å²) in [6, 6.07) is 6.12. The lowest BCUT2D eigenvalue weighted by molar-refractivity contribution is 0.297. The highest BCUT2D eigenvalue weighted by Crippen LogP contribution is 2.34. The molecule has 0 aromatic heterocycles. The Kier molecular flexibility index (Phi) is 4.96. The summed E-state index contributed by atoms with van der Waals surface area (Å²) in [6.45, 7) is 6.35. The number of hydrogen-bond donors (Lipinski definition) is 1. The van der Waals surface area contributed by atoms with E-state index in [9.17, 15) is 0 Å². The van der Waals surface area contributed by atoms with E-state index in [1.807, 2.05) is 13.1 Å². The van der Waals surface area contributed by atoms with E-state index in [1.165, 1.54) is 10.5 Å². The van der Waals surface area contributed by atoms with Gasteiger partial charge in [-0.15, -0.1) is 11.8 Å². The van der Waals surface area contributed by atoms with Crippen molar-refractivity contribution in [1.29, 1.82) is 0 Å². The van der Waals surface area contributed by atoms with Crippen molar-refractivity contribution in [2.45, 2.75) is 11.3 Å². The van der Waals surface area contributed by atoms with Gasteiger partial charge in [0.05, 0.1) is 13.2 Å². The number of hydrogen-bond acceptors (Lipinski definition) is 4. The Morgan fingerprint density at radius 1 is 1.33 bits per heavy atom. The van der Waals surface area contributed by atoms with E-state index in [1.54, 1.807) is 11.8 Å². The second-order valence-corrected chi connectivity index (χ2v) is 5.28. The smallest absolute Gasteiger partial charge is 0.162 e. The van der Waals surface area contributed by atoms with Crippen LogP contribution < -0.4 is 14.8 Å². The molecule has 1 aromatic rings. The van der Waals surface area contributed by atoms with Crippen LogP contribution in [0.15, 0.2) is 35.2 Å². The average molecular weight is 265 g/mol. The fourth-order valence-electron chi connectivity index (χ4n) is 1.72. The predicted molar refractivity (Wildman–Crippen MR) is 75.8 cm³/mol. The number of thioether (sulfide) groups is 1. The van der Waals surface area contributed by atoms with Gasteiger partial charge in [0.25, 0.3) is 0 Å². The van der Waals surface area contributed by atoms with E-state index in [0.29, 0.717) is 0 Å². The van der Waals surface area contributed by atoms with Crippen LogP contribution in [0.4, 0.5) is 0 Å². The minimum atomic E-state index is 0.730. The number of ether oxygens (including phenoxy) is 2. The summed E-state index contributed by atoms with van der Waals surface area (Å²) in [7, 11) is 1.93. The number of fused-ring (bicyclic) bond motifs is 1. The zero-order valence-corrected chi connectivity index (χ0v) is 11.5. The molecule has 0 saturated heterocycles. The minimum absolute atomic E-state index is 0.730. The molecule has 1 aromatic carbocycles. The Bertz CT molecular complexity index is 420. The van der Waals surface area contributed by atoms with Crippen LogP contribution >= 0.6 is 11.8 Å². The van der Waals surface area contributed by atoms with Gasteiger partial charge in [0.1, 0.15) is 0 Å². The van der Waals surface area contributed by atoms with Gasteiger partial charge in [0.15, 0.2) is 11.5 Å². The molecule has 0 aliphatic carbocycles. The Morgan fingerprint density at radius 2 is 2.11 bits per heavy atom. The average Bonchev–Trinajstić information content (AvgIpc) is 2.61. The number of likely N-dealkylation sites (N-methyl/N-ethyl adjacent to an activating group) is 1. The summed E-state index contributed by atoms with van der Waals surface area (Å²) in [5.74, 6) is 2.63. The third-order valence-electron chi connectivity index (χ3n) is 2.59. The molecule has 1 N–H and O–H groups in total. The Morgan fingerprint density at radius 3 is 2.89 bits per heavy atom. The molecule has 0 atom stereocenters.